The Bertz CT molecular complexity index is 1080. The van der Waals surface area contributed by atoms with E-state index in [0.29, 0.717) is 48.4 Å². The zero-order valence-electron chi connectivity index (χ0n) is 16.1. The van der Waals surface area contributed by atoms with E-state index in [1.807, 2.05) is 0 Å². The number of sulfonamides is 1. The molecule has 1 saturated heterocycles. The molecule has 2 N–H and O–H groups in total. The topological polar surface area (TPSA) is 108 Å². The number of nitrogens with zero attached hydrogens (tertiary/aromatic N) is 1. The molecular formula is C20H21ClN2O6S. The number of ether oxygens (including phenoxy) is 3. The highest BCUT2D eigenvalue weighted by atomic mass is 35.5. The van der Waals surface area contributed by atoms with Gasteiger partial charge in [0.1, 0.15) is 25.6 Å². The molecule has 2 aromatic rings. The van der Waals surface area contributed by atoms with Gasteiger partial charge in [-0.2, -0.15) is 4.31 Å². The Morgan fingerprint density at radius 2 is 1.87 bits per heavy atom. The summed E-state index contributed by atoms with van der Waals surface area (Å²) < 4.78 is 43.7. The van der Waals surface area contributed by atoms with Crippen molar-refractivity contribution >= 4 is 27.5 Å². The lowest BCUT2D eigenvalue weighted by atomic mass is 10.2. The van der Waals surface area contributed by atoms with E-state index in [1.165, 1.54) is 22.5 Å². The van der Waals surface area contributed by atoms with Gasteiger partial charge in [-0.05, 0) is 48.7 Å². The lowest BCUT2D eigenvalue weighted by Gasteiger charge is -2.20. The summed E-state index contributed by atoms with van der Waals surface area (Å²) in [6, 6.07) is 7.57. The van der Waals surface area contributed by atoms with Gasteiger partial charge in [-0.15, -0.1) is 0 Å². The van der Waals surface area contributed by atoms with Crippen molar-refractivity contribution in [2.45, 2.75) is 24.3 Å². The van der Waals surface area contributed by atoms with Gasteiger partial charge < -0.3 is 19.9 Å². The number of fused-ring (bicyclic) bond motifs is 1. The molecule has 0 aromatic heterocycles. The highest BCUT2D eigenvalue weighted by Crippen LogP contribution is 2.38. The Labute approximate surface area is 179 Å². The van der Waals surface area contributed by atoms with E-state index in [0.717, 1.165) is 12.8 Å². The quantitative estimate of drug-likeness (QED) is 0.721. The van der Waals surface area contributed by atoms with Crippen LogP contribution in [0.2, 0.25) is 5.02 Å². The highest BCUT2D eigenvalue weighted by molar-refractivity contribution is 7.89. The number of rotatable bonds is 6. The molecule has 0 atom stereocenters. The summed E-state index contributed by atoms with van der Waals surface area (Å²) in [6.45, 7) is 1.87. The zero-order chi connectivity index (χ0) is 21.3. The number of amides is 1. The molecule has 0 spiro atoms. The van der Waals surface area contributed by atoms with Gasteiger partial charge in [0.2, 0.25) is 10.0 Å². The number of benzene rings is 2. The third-order valence-electron chi connectivity index (χ3n) is 4.97. The average Bonchev–Trinajstić information content (AvgIpc) is 3.28. The molecule has 10 heteroatoms. The van der Waals surface area contributed by atoms with Gasteiger partial charge in [-0.1, -0.05) is 11.6 Å². The van der Waals surface area contributed by atoms with Crippen molar-refractivity contribution in [2.24, 2.45) is 5.73 Å². The van der Waals surface area contributed by atoms with Crippen molar-refractivity contribution in [3.05, 3.63) is 46.5 Å². The van der Waals surface area contributed by atoms with Crippen molar-refractivity contribution in [3.8, 4) is 17.2 Å². The van der Waals surface area contributed by atoms with Crippen LogP contribution in [0.1, 0.15) is 28.8 Å². The van der Waals surface area contributed by atoms with Crippen LogP contribution in [0.15, 0.2) is 35.2 Å². The van der Waals surface area contributed by atoms with Crippen LogP contribution < -0.4 is 19.9 Å². The minimum atomic E-state index is -3.67. The molecule has 0 bridgehead atoms. The monoisotopic (exact) mass is 452 g/mol. The van der Waals surface area contributed by atoms with Gasteiger partial charge in [0.15, 0.2) is 11.5 Å². The molecule has 8 nitrogen and oxygen atoms in total. The zero-order valence-corrected chi connectivity index (χ0v) is 17.7. The third kappa shape index (κ3) is 4.05. The molecule has 30 heavy (non-hydrogen) atoms. The lowest BCUT2D eigenvalue weighted by Crippen LogP contribution is -2.28. The second kappa shape index (κ2) is 8.33. The number of halogens is 1. The van der Waals surface area contributed by atoms with Crippen LogP contribution in [0.5, 0.6) is 17.2 Å². The van der Waals surface area contributed by atoms with Gasteiger partial charge in [-0.3, -0.25) is 4.79 Å². The first kappa shape index (κ1) is 20.8. The van der Waals surface area contributed by atoms with E-state index in [-0.39, 0.29) is 22.8 Å². The smallest absolute Gasteiger partial charge is 0.252 e. The fraction of sp³-hybridized carbons (Fsp3) is 0.350. The lowest BCUT2D eigenvalue weighted by molar-refractivity contribution is 0.0995. The maximum Gasteiger partial charge on any atom is 0.252 e. The molecule has 2 aliphatic rings. The summed E-state index contributed by atoms with van der Waals surface area (Å²) in [6.07, 6.45) is 1.64. The largest absolute Gasteiger partial charge is 0.488 e. The third-order valence-corrected chi connectivity index (χ3v) is 7.15. The van der Waals surface area contributed by atoms with Crippen molar-refractivity contribution in [1.82, 2.24) is 4.31 Å². The summed E-state index contributed by atoms with van der Waals surface area (Å²) >= 11 is 6.24. The Morgan fingerprint density at radius 1 is 1.13 bits per heavy atom. The van der Waals surface area contributed by atoms with Gasteiger partial charge in [0, 0.05) is 13.1 Å². The molecule has 0 saturated carbocycles. The molecule has 4 rings (SSSR count). The Morgan fingerprint density at radius 3 is 2.60 bits per heavy atom. The van der Waals surface area contributed by atoms with E-state index in [2.05, 4.69) is 0 Å². The van der Waals surface area contributed by atoms with Crippen molar-refractivity contribution < 1.29 is 27.4 Å². The van der Waals surface area contributed by atoms with Gasteiger partial charge in [-0.25, -0.2) is 8.42 Å². The summed E-state index contributed by atoms with van der Waals surface area (Å²) in [5.41, 5.74) is 6.18. The number of carbonyl (C=O) groups is 1. The van der Waals surface area contributed by atoms with E-state index < -0.39 is 15.9 Å². The van der Waals surface area contributed by atoms with Crippen LogP contribution in [0.4, 0.5) is 0 Å². The van der Waals surface area contributed by atoms with Crippen LogP contribution in [-0.2, 0) is 16.6 Å². The maximum absolute atomic E-state index is 12.8. The van der Waals surface area contributed by atoms with Crippen LogP contribution in [0.3, 0.4) is 0 Å². The summed E-state index contributed by atoms with van der Waals surface area (Å²) in [4.78, 5) is 12.0. The summed E-state index contributed by atoms with van der Waals surface area (Å²) in [5, 5.41) is 0.396. The first-order chi connectivity index (χ1) is 14.4. The predicted molar refractivity (Wildman–Crippen MR) is 110 cm³/mol. The van der Waals surface area contributed by atoms with Crippen molar-refractivity contribution in [2.75, 3.05) is 26.3 Å². The molecule has 0 unspecified atom stereocenters. The maximum atomic E-state index is 12.8. The Hall–Kier alpha value is -2.49. The van der Waals surface area contributed by atoms with E-state index in [9.17, 15) is 13.2 Å². The Kier molecular flexibility index (Phi) is 5.77. The van der Waals surface area contributed by atoms with Crippen molar-refractivity contribution in [3.63, 3.8) is 0 Å². The SMILES string of the molecule is NC(=O)c1cc(S(=O)(=O)N2CCCC2)ccc1OCc1cc(Cl)c2c(c1)OCCO2. The summed E-state index contributed by atoms with van der Waals surface area (Å²) in [5.74, 6) is 0.424. The minimum absolute atomic E-state index is 0.00101. The van der Waals surface area contributed by atoms with Gasteiger partial charge >= 0.3 is 0 Å². The van der Waals surface area contributed by atoms with E-state index >= 15 is 0 Å². The van der Waals surface area contributed by atoms with E-state index in [1.54, 1.807) is 12.1 Å². The fourth-order valence-corrected chi connectivity index (χ4v) is 5.31. The molecule has 1 amide bonds. The van der Waals surface area contributed by atoms with Gasteiger partial charge in [0.05, 0.1) is 15.5 Å². The van der Waals surface area contributed by atoms with Gasteiger partial charge in [0.25, 0.3) is 5.91 Å². The van der Waals surface area contributed by atoms with Crippen LogP contribution in [-0.4, -0.2) is 44.9 Å². The number of hydrogen-bond donors (Lipinski definition) is 1. The van der Waals surface area contributed by atoms with Crippen LogP contribution in [0, 0.1) is 0 Å². The second-order valence-corrected chi connectivity index (χ2v) is 9.37. The highest BCUT2D eigenvalue weighted by Gasteiger charge is 2.28. The molecule has 2 aromatic carbocycles. The Balaban J connectivity index is 1.57. The molecule has 1 fully saturated rings. The van der Waals surface area contributed by atoms with E-state index in [4.69, 9.17) is 31.5 Å². The molecule has 160 valence electrons. The predicted octanol–water partition coefficient (Wildman–Crippen LogP) is 2.57. The molecular weight excluding hydrogens is 432 g/mol. The fourth-order valence-electron chi connectivity index (χ4n) is 3.47. The summed E-state index contributed by atoms with van der Waals surface area (Å²) in [7, 11) is -3.67. The average molecular weight is 453 g/mol. The second-order valence-electron chi connectivity index (χ2n) is 7.02. The van der Waals surface area contributed by atoms with Crippen LogP contribution >= 0.6 is 11.6 Å². The molecule has 2 heterocycles. The molecule has 0 aliphatic carbocycles. The first-order valence-corrected chi connectivity index (χ1v) is 11.3. The normalized spacial score (nSPS) is 16.4. The molecule has 0 radical (unpaired) electrons. The number of primary amides is 1. The van der Waals surface area contributed by atoms with Crippen molar-refractivity contribution in [1.29, 1.82) is 0 Å². The number of nitrogens with two attached hydrogens (primary N) is 1. The number of hydrogen-bond acceptors (Lipinski definition) is 6. The number of carbonyl (C=O) groups excluding carboxylic acids is 1. The molecule has 2 aliphatic heterocycles. The first-order valence-electron chi connectivity index (χ1n) is 9.51. The standard InChI is InChI=1S/C20H21ClN2O6S/c21-16-9-13(10-18-19(16)28-8-7-27-18)12-29-17-4-3-14(11-15(17)20(22)24)30(25,26)23-5-1-2-6-23/h3-4,9-11H,1-2,5-8,12H2,(H2,22,24). The van der Waals surface area contributed by atoms with Crippen LogP contribution in [0.25, 0.3) is 0 Å². The minimum Gasteiger partial charge on any atom is -0.488 e.